The summed E-state index contributed by atoms with van der Waals surface area (Å²) < 4.78 is 2.62. The Morgan fingerprint density at radius 3 is 2.64 bits per heavy atom. The average molecular weight is 440 g/mol. The van der Waals surface area contributed by atoms with Gasteiger partial charge in [-0.05, 0) is 56.5 Å². The number of nitrogens with zero attached hydrogens (tertiary/aromatic N) is 4. The second-order valence-electron chi connectivity index (χ2n) is 6.93. The molecule has 144 valence electrons. The lowest BCUT2D eigenvalue weighted by atomic mass is 10.1. The number of anilines is 2. The van der Waals surface area contributed by atoms with Gasteiger partial charge in [0.1, 0.15) is 0 Å². The maximum absolute atomic E-state index is 12.9. The van der Waals surface area contributed by atoms with Crippen molar-refractivity contribution < 1.29 is 4.79 Å². The number of carbonyl (C=O) groups is 1. The molecule has 1 amide bonds. The van der Waals surface area contributed by atoms with Crippen LogP contribution in [0.25, 0.3) is 5.69 Å². The van der Waals surface area contributed by atoms with Gasteiger partial charge in [0.25, 0.3) is 5.91 Å². The molecule has 1 aromatic heterocycles. The summed E-state index contributed by atoms with van der Waals surface area (Å²) in [7, 11) is 0. The van der Waals surface area contributed by atoms with E-state index in [4.69, 9.17) is 0 Å². The van der Waals surface area contributed by atoms with Crippen molar-refractivity contribution in [2.75, 3.05) is 23.3 Å². The fraction of sp³-hybridized carbons (Fsp3) is 0.286. The molecule has 1 fully saturated rings. The number of hydrogen-bond donors (Lipinski definition) is 1. The van der Waals surface area contributed by atoms with Crippen LogP contribution in [0.3, 0.4) is 0 Å². The normalized spacial score (nSPS) is 14.1. The van der Waals surface area contributed by atoms with Gasteiger partial charge in [-0.3, -0.25) is 4.79 Å². The summed E-state index contributed by atoms with van der Waals surface area (Å²) in [6.07, 6.45) is 3.63. The van der Waals surface area contributed by atoms with E-state index in [1.165, 1.54) is 19.3 Å². The van der Waals surface area contributed by atoms with Crippen LogP contribution in [-0.2, 0) is 0 Å². The van der Waals surface area contributed by atoms with E-state index in [1.807, 2.05) is 49.4 Å². The summed E-state index contributed by atoms with van der Waals surface area (Å²) in [5, 5.41) is 11.3. The minimum Gasteiger partial charge on any atom is -0.370 e. The first-order chi connectivity index (χ1) is 13.6. The van der Waals surface area contributed by atoms with Crippen molar-refractivity contribution in [1.82, 2.24) is 15.0 Å². The number of para-hydroxylation sites is 2. The van der Waals surface area contributed by atoms with Crippen LogP contribution in [0.1, 0.15) is 35.4 Å². The zero-order valence-electron chi connectivity index (χ0n) is 15.7. The molecule has 2 aromatic carbocycles. The molecule has 0 atom stereocenters. The smallest absolute Gasteiger partial charge is 0.278 e. The van der Waals surface area contributed by atoms with Gasteiger partial charge >= 0.3 is 0 Å². The SMILES string of the molecule is Cc1c(C(=O)Nc2ccccc2N2CCCCC2)nnn1-c1cccc(Br)c1. The van der Waals surface area contributed by atoms with Crippen molar-refractivity contribution in [1.29, 1.82) is 0 Å². The summed E-state index contributed by atoms with van der Waals surface area (Å²) in [6.45, 7) is 3.89. The number of rotatable bonds is 4. The average Bonchev–Trinajstić information content (AvgIpc) is 3.10. The third-order valence-corrected chi connectivity index (χ3v) is 5.50. The molecule has 7 heteroatoms. The summed E-state index contributed by atoms with van der Waals surface area (Å²) in [4.78, 5) is 15.3. The van der Waals surface area contributed by atoms with Gasteiger partial charge in [0.2, 0.25) is 0 Å². The highest BCUT2D eigenvalue weighted by molar-refractivity contribution is 9.10. The first kappa shape index (κ1) is 18.7. The minimum atomic E-state index is -0.247. The van der Waals surface area contributed by atoms with E-state index in [1.54, 1.807) is 4.68 Å². The molecule has 4 rings (SSSR count). The monoisotopic (exact) mass is 439 g/mol. The molecule has 0 unspecified atom stereocenters. The molecule has 28 heavy (non-hydrogen) atoms. The Kier molecular flexibility index (Phi) is 5.43. The summed E-state index contributed by atoms with van der Waals surface area (Å²) in [6, 6.07) is 15.7. The molecule has 0 spiro atoms. The molecular weight excluding hydrogens is 418 g/mol. The Morgan fingerprint density at radius 1 is 1.07 bits per heavy atom. The van der Waals surface area contributed by atoms with E-state index in [-0.39, 0.29) is 5.91 Å². The zero-order valence-corrected chi connectivity index (χ0v) is 17.3. The first-order valence-electron chi connectivity index (χ1n) is 9.47. The van der Waals surface area contributed by atoms with Crippen LogP contribution in [0, 0.1) is 6.92 Å². The third-order valence-electron chi connectivity index (χ3n) is 5.01. The van der Waals surface area contributed by atoms with Crippen molar-refractivity contribution in [3.05, 3.63) is 64.4 Å². The van der Waals surface area contributed by atoms with Crippen molar-refractivity contribution in [3.8, 4) is 5.69 Å². The van der Waals surface area contributed by atoms with Crippen molar-refractivity contribution in [2.45, 2.75) is 26.2 Å². The predicted octanol–water partition coefficient (Wildman–Crippen LogP) is 4.58. The van der Waals surface area contributed by atoms with Gasteiger partial charge in [-0.15, -0.1) is 5.10 Å². The van der Waals surface area contributed by atoms with E-state index < -0.39 is 0 Å². The van der Waals surface area contributed by atoms with E-state index in [0.29, 0.717) is 11.4 Å². The van der Waals surface area contributed by atoms with Gasteiger partial charge in [0, 0.05) is 17.6 Å². The minimum absolute atomic E-state index is 0.247. The highest BCUT2D eigenvalue weighted by Crippen LogP contribution is 2.29. The Bertz CT molecular complexity index is 994. The summed E-state index contributed by atoms with van der Waals surface area (Å²) in [5.74, 6) is -0.247. The lowest BCUT2D eigenvalue weighted by Crippen LogP contribution is -2.30. The molecule has 0 radical (unpaired) electrons. The van der Waals surface area contributed by atoms with Crippen LogP contribution in [0.15, 0.2) is 53.0 Å². The van der Waals surface area contributed by atoms with Gasteiger partial charge < -0.3 is 10.2 Å². The van der Waals surface area contributed by atoms with Crippen LogP contribution < -0.4 is 10.2 Å². The van der Waals surface area contributed by atoms with E-state index in [2.05, 4.69) is 42.5 Å². The van der Waals surface area contributed by atoms with E-state index >= 15 is 0 Å². The molecule has 2 heterocycles. The van der Waals surface area contributed by atoms with Gasteiger partial charge in [-0.1, -0.05) is 39.3 Å². The van der Waals surface area contributed by atoms with Crippen LogP contribution in [0.4, 0.5) is 11.4 Å². The fourth-order valence-corrected chi connectivity index (χ4v) is 3.95. The third kappa shape index (κ3) is 3.80. The van der Waals surface area contributed by atoms with Crippen LogP contribution >= 0.6 is 15.9 Å². The molecular formula is C21H22BrN5O. The molecule has 0 aliphatic carbocycles. The maximum Gasteiger partial charge on any atom is 0.278 e. The topological polar surface area (TPSA) is 63.1 Å². The van der Waals surface area contributed by atoms with Crippen LogP contribution in [-0.4, -0.2) is 34.0 Å². The number of halogens is 1. The molecule has 1 aliphatic rings. The van der Waals surface area contributed by atoms with E-state index in [0.717, 1.165) is 34.6 Å². The summed E-state index contributed by atoms with van der Waals surface area (Å²) >= 11 is 3.46. The lowest BCUT2D eigenvalue weighted by Gasteiger charge is -2.30. The van der Waals surface area contributed by atoms with Crippen LogP contribution in [0.2, 0.25) is 0 Å². The standard InChI is InChI=1S/C21H22BrN5O/c1-15-20(24-25-27(15)17-9-7-8-16(22)14-17)21(28)23-18-10-3-4-11-19(18)26-12-5-2-6-13-26/h3-4,7-11,14H,2,5-6,12-13H2,1H3,(H,23,28). The van der Waals surface area contributed by atoms with Crippen molar-refractivity contribution in [2.24, 2.45) is 0 Å². The number of piperidine rings is 1. The number of nitrogens with one attached hydrogen (secondary N) is 1. The van der Waals surface area contributed by atoms with Gasteiger partial charge in [0.05, 0.1) is 22.8 Å². The number of hydrogen-bond acceptors (Lipinski definition) is 4. The Hall–Kier alpha value is -2.67. The number of amides is 1. The number of aromatic nitrogens is 3. The highest BCUT2D eigenvalue weighted by atomic mass is 79.9. The zero-order chi connectivity index (χ0) is 19.5. The molecule has 3 aromatic rings. The van der Waals surface area contributed by atoms with Crippen molar-refractivity contribution >= 4 is 33.2 Å². The Balaban J connectivity index is 1.58. The maximum atomic E-state index is 12.9. The molecule has 0 saturated carbocycles. The molecule has 1 N–H and O–H groups in total. The molecule has 1 saturated heterocycles. The quantitative estimate of drug-likeness (QED) is 0.645. The first-order valence-corrected chi connectivity index (χ1v) is 10.3. The van der Waals surface area contributed by atoms with E-state index in [9.17, 15) is 4.79 Å². The Morgan fingerprint density at radius 2 is 1.86 bits per heavy atom. The highest BCUT2D eigenvalue weighted by Gasteiger charge is 2.20. The van der Waals surface area contributed by atoms with Gasteiger partial charge in [-0.25, -0.2) is 4.68 Å². The largest absolute Gasteiger partial charge is 0.370 e. The molecule has 6 nitrogen and oxygen atoms in total. The number of carbonyl (C=O) groups excluding carboxylic acids is 1. The lowest BCUT2D eigenvalue weighted by molar-refractivity contribution is 0.102. The van der Waals surface area contributed by atoms with Gasteiger partial charge in [0.15, 0.2) is 5.69 Å². The number of benzene rings is 2. The second kappa shape index (κ2) is 8.14. The van der Waals surface area contributed by atoms with Crippen molar-refractivity contribution in [3.63, 3.8) is 0 Å². The second-order valence-corrected chi connectivity index (χ2v) is 7.85. The summed E-state index contributed by atoms with van der Waals surface area (Å²) in [5.41, 5.74) is 3.75. The van der Waals surface area contributed by atoms with Gasteiger partial charge in [-0.2, -0.15) is 0 Å². The fourth-order valence-electron chi connectivity index (χ4n) is 3.56. The Labute approximate surface area is 172 Å². The molecule has 0 bridgehead atoms. The molecule has 1 aliphatic heterocycles. The van der Waals surface area contributed by atoms with Crippen LogP contribution in [0.5, 0.6) is 0 Å². The predicted molar refractivity (Wildman–Crippen MR) is 114 cm³/mol.